The van der Waals surface area contributed by atoms with Gasteiger partial charge < -0.3 is 15.7 Å². The van der Waals surface area contributed by atoms with E-state index in [1.807, 2.05) is 35.8 Å². The number of guanidine groups is 1. The number of nitrogens with one attached hydrogen (secondary N) is 2. The van der Waals surface area contributed by atoms with E-state index in [4.69, 9.17) is 0 Å². The average molecular weight is 421 g/mol. The molecule has 1 fully saturated rings. The predicted molar refractivity (Wildman–Crippen MR) is 120 cm³/mol. The summed E-state index contributed by atoms with van der Waals surface area (Å²) in [7, 11) is 0. The van der Waals surface area contributed by atoms with Crippen molar-refractivity contribution in [3.05, 3.63) is 44.8 Å². The monoisotopic (exact) mass is 420 g/mol. The Bertz CT molecular complexity index is 705. The summed E-state index contributed by atoms with van der Waals surface area (Å²) in [5.41, 5.74) is -0.927. The first-order valence-corrected chi connectivity index (χ1v) is 11.9. The van der Waals surface area contributed by atoms with Crippen LogP contribution in [-0.4, -0.2) is 48.7 Å². The first-order valence-electron chi connectivity index (χ1n) is 10.1. The van der Waals surface area contributed by atoms with E-state index in [0.717, 1.165) is 43.6 Å². The Hall–Kier alpha value is -1.41. The first kappa shape index (κ1) is 21.3. The van der Waals surface area contributed by atoms with Gasteiger partial charge in [-0.25, -0.2) is 4.99 Å². The normalized spacial score (nSPS) is 18.8. The molecule has 5 nitrogen and oxygen atoms in total. The highest BCUT2D eigenvalue weighted by Gasteiger charge is 2.24. The lowest BCUT2D eigenvalue weighted by Gasteiger charge is -2.32. The Morgan fingerprint density at radius 3 is 2.61 bits per heavy atom. The molecule has 0 amide bonds. The van der Waals surface area contributed by atoms with Gasteiger partial charge in [0.15, 0.2) is 5.96 Å². The lowest BCUT2D eigenvalue weighted by molar-refractivity contribution is 0.0711. The Balaban J connectivity index is 1.44. The number of rotatable bonds is 8. The number of likely N-dealkylation sites (tertiary alicyclic amines) is 1. The zero-order chi connectivity index (χ0) is 19.8. The molecule has 3 rings (SSSR count). The summed E-state index contributed by atoms with van der Waals surface area (Å²) in [5, 5.41) is 21.6. The fourth-order valence-corrected chi connectivity index (χ4v) is 4.98. The molecule has 3 heterocycles. The minimum absolute atomic E-state index is 0.349. The van der Waals surface area contributed by atoms with Crippen LogP contribution >= 0.6 is 22.7 Å². The van der Waals surface area contributed by atoms with E-state index in [-0.39, 0.29) is 0 Å². The Labute approximate surface area is 176 Å². The van der Waals surface area contributed by atoms with Gasteiger partial charge in [0.1, 0.15) is 5.60 Å². The molecule has 0 radical (unpaired) electrons. The van der Waals surface area contributed by atoms with Crippen molar-refractivity contribution in [2.75, 3.05) is 32.7 Å². The van der Waals surface area contributed by atoms with Gasteiger partial charge in [0.05, 0.1) is 6.54 Å². The van der Waals surface area contributed by atoms with Crippen LogP contribution in [-0.2, 0) is 12.1 Å². The van der Waals surface area contributed by atoms with Crippen molar-refractivity contribution >= 4 is 28.6 Å². The lowest BCUT2D eigenvalue weighted by atomic mass is 9.97. The van der Waals surface area contributed by atoms with Gasteiger partial charge in [0.2, 0.25) is 0 Å². The van der Waals surface area contributed by atoms with Gasteiger partial charge in [0, 0.05) is 29.4 Å². The van der Waals surface area contributed by atoms with Gasteiger partial charge in [-0.3, -0.25) is 4.90 Å². The number of aliphatic imine (C=N–C) groups is 1. The van der Waals surface area contributed by atoms with Crippen LogP contribution in [0.5, 0.6) is 0 Å². The van der Waals surface area contributed by atoms with Gasteiger partial charge in [-0.2, -0.15) is 0 Å². The van der Waals surface area contributed by atoms with E-state index in [1.54, 1.807) is 11.3 Å². The molecule has 1 atom stereocenters. The Morgan fingerprint density at radius 2 is 1.96 bits per heavy atom. The van der Waals surface area contributed by atoms with Crippen LogP contribution in [0.1, 0.15) is 36.4 Å². The molecule has 2 aromatic heterocycles. The van der Waals surface area contributed by atoms with Gasteiger partial charge in [-0.1, -0.05) is 12.1 Å². The smallest absolute Gasteiger partial charge is 0.191 e. The molecule has 2 aromatic rings. The molecule has 0 spiro atoms. The van der Waals surface area contributed by atoms with E-state index in [1.165, 1.54) is 17.7 Å². The lowest BCUT2D eigenvalue weighted by Crippen LogP contribution is -2.43. The Morgan fingerprint density at radius 1 is 1.21 bits per heavy atom. The van der Waals surface area contributed by atoms with Gasteiger partial charge in [-0.15, -0.1) is 22.7 Å². The molecule has 7 heteroatoms. The standard InChI is InChI=1S/C21H32N4OS2/c1-3-22-20(24-16-21(2,26)19-7-5-13-28-19)23-14-17-8-10-25(11-9-17)15-18-6-4-12-27-18/h4-7,12-13,17,26H,3,8-11,14-16H2,1-2H3,(H2,22,23,24). The van der Waals surface area contributed by atoms with Crippen molar-refractivity contribution in [2.24, 2.45) is 10.9 Å². The fraction of sp³-hybridized carbons (Fsp3) is 0.571. The van der Waals surface area contributed by atoms with Crippen LogP contribution in [0.4, 0.5) is 0 Å². The van der Waals surface area contributed by atoms with E-state index in [9.17, 15) is 5.11 Å². The maximum Gasteiger partial charge on any atom is 0.191 e. The highest BCUT2D eigenvalue weighted by molar-refractivity contribution is 7.10. The average Bonchev–Trinajstić information content (AvgIpc) is 3.39. The number of hydrogen-bond donors (Lipinski definition) is 3. The summed E-state index contributed by atoms with van der Waals surface area (Å²) in [5.74, 6) is 1.46. The van der Waals surface area contributed by atoms with Crippen molar-refractivity contribution in [3.63, 3.8) is 0 Å². The van der Waals surface area contributed by atoms with E-state index < -0.39 is 5.60 Å². The van der Waals surface area contributed by atoms with E-state index in [2.05, 4.69) is 45.0 Å². The summed E-state index contributed by atoms with van der Waals surface area (Å²) in [6.07, 6.45) is 2.43. The number of nitrogens with zero attached hydrogens (tertiary/aromatic N) is 2. The van der Waals surface area contributed by atoms with Crippen molar-refractivity contribution < 1.29 is 5.11 Å². The maximum absolute atomic E-state index is 10.7. The number of piperidine rings is 1. The highest BCUT2D eigenvalue weighted by atomic mass is 32.1. The number of hydrogen-bond acceptors (Lipinski definition) is 5. The van der Waals surface area contributed by atoms with Crippen molar-refractivity contribution in [2.45, 2.75) is 38.8 Å². The largest absolute Gasteiger partial charge is 0.383 e. The molecule has 0 aliphatic carbocycles. The third-order valence-electron chi connectivity index (χ3n) is 5.17. The molecule has 0 saturated carbocycles. The molecule has 3 N–H and O–H groups in total. The van der Waals surface area contributed by atoms with Crippen molar-refractivity contribution in [1.82, 2.24) is 15.5 Å². The fourth-order valence-electron chi connectivity index (χ4n) is 3.45. The summed E-state index contributed by atoms with van der Waals surface area (Å²) < 4.78 is 0. The maximum atomic E-state index is 10.7. The van der Waals surface area contributed by atoms with Crippen molar-refractivity contribution in [3.8, 4) is 0 Å². The third kappa shape index (κ3) is 6.30. The van der Waals surface area contributed by atoms with Crippen molar-refractivity contribution in [1.29, 1.82) is 0 Å². The summed E-state index contributed by atoms with van der Waals surface area (Å²) in [6, 6.07) is 8.29. The van der Waals surface area contributed by atoms with Crippen LogP contribution < -0.4 is 10.6 Å². The zero-order valence-corrected chi connectivity index (χ0v) is 18.5. The predicted octanol–water partition coefficient (Wildman–Crippen LogP) is 3.48. The molecule has 0 bridgehead atoms. The van der Waals surface area contributed by atoms with Crippen LogP contribution in [0.3, 0.4) is 0 Å². The van der Waals surface area contributed by atoms with E-state index in [0.29, 0.717) is 12.5 Å². The van der Waals surface area contributed by atoms with E-state index >= 15 is 0 Å². The Kier molecular flexibility index (Phi) is 7.91. The minimum Gasteiger partial charge on any atom is -0.383 e. The van der Waals surface area contributed by atoms with Crippen LogP contribution in [0, 0.1) is 5.92 Å². The molecule has 1 aliphatic heterocycles. The second kappa shape index (κ2) is 10.4. The van der Waals surface area contributed by atoms with Crippen LogP contribution in [0.25, 0.3) is 0 Å². The molecule has 1 saturated heterocycles. The second-order valence-electron chi connectivity index (χ2n) is 7.63. The van der Waals surface area contributed by atoms with Gasteiger partial charge in [-0.05, 0) is 68.6 Å². The SMILES string of the molecule is CCNC(=NCC(C)(O)c1cccs1)NCC1CCN(Cc2cccs2)CC1. The highest BCUT2D eigenvalue weighted by Crippen LogP contribution is 2.25. The topological polar surface area (TPSA) is 59.9 Å². The molecule has 1 unspecified atom stereocenters. The van der Waals surface area contributed by atoms with Gasteiger partial charge in [0.25, 0.3) is 0 Å². The molecule has 28 heavy (non-hydrogen) atoms. The van der Waals surface area contributed by atoms with Crippen LogP contribution in [0.15, 0.2) is 40.0 Å². The molecule has 154 valence electrons. The zero-order valence-electron chi connectivity index (χ0n) is 16.9. The molecular formula is C21H32N4OS2. The number of thiophene rings is 2. The van der Waals surface area contributed by atoms with Gasteiger partial charge >= 0.3 is 0 Å². The quantitative estimate of drug-likeness (QED) is 0.452. The number of aliphatic hydroxyl groups is 1. The molecule has 1 aliphatic rings. The van der Waals surface area contributed by atoms with Crippen LogP contribution in [0.2, 0.25) is 0 Å². The molecular weight excluding hydrogens is 388 g/mol. The first-order chi connectivity index (χ1) is 13.6. The summed E-state index contributed by atoms with van der Waals surface area (Å²) in [6.45, 7) is 9.39. The minimum atomic E-state index is -0.927. The summed E-state index contributed by atoms with van der Waals surface area (Å²) >= 11 is 3.41. The summed E-state index contributed by atoms with van der Waals surface area (Å²) in [4.78, 5) is 9.59. The second-order valence-corrected chi connectivity index (χ2v) is 9.61. The third-order valence-corrected chi connectivity index (χ3v) is 7.15. The molecule has 0 aromatic carbocycles.